The van der Waals surface area contributed by atoms with Crippen molar-refractivity contribution in [3.8, 4) is 22.4 Å². The molecule has 0 saturated carbocycles. The average molecular weight is 359 g/mol. The quantitative estimate of drug-likeness (QED) is 0.902. The van der Waals surface area contributed by atoms with Gasteiger partial charge in [0.25, 0.3) is 0 Å². The van der Waals surface area contributed by atoms with E-state index in [4.69, 9.17) is 14.6 Å². The highest BCUT2D eigenvalue weighted by Gasteiger charge is 2.24. The summed E-state index contributed by atoms with van der Waals surface area (Å²) < 4.78 is 11.3. The van der Waals surface area contributed by atoms with Gasteiger partial charge in [-0.25, -0.2) is 9.78 Å². The number of benzene rings is 1. The summed E-state index contributed by atoms with van der Waals surface area (Å²) in [6.07, 6.45) is 0.498. The summed E-state index contributed by atoms with van der Waals surface area (Å²) in [5, 5.41) is 19.1. The molecule has 1 aromatic carbocycles. The van der Waals surface area contributed by atoms with E-state index in [2.05, 4.69) is 11.1 Å². The molecule has 25 heavy (non-hydrogen) atoms. The fourth-order valence-corrected chi connectivity index (χ4v) is 3.29. The van der Waals surface area contributed by atoms with E-state index in [1.165, 1.54) is 4.90 Å². The number of hydrogen-bond acceptors (Lipinski definition) is 6. The van der Waals surface area contributed by atoms with Crippen LogP contribution in [0.3, 0.4) is 0 Å². The monoisotopic (exact) mass is 359 g/mol. The first-order chi connectivity index (χ1) is 12.0. The van der Waals surface area contributed by atoms with Gasteiger partial charge >= 0.3 is 6.09 Å². The third kappa shape index (κ3) is 4.26. The van der Waals surface area contributed by atoms with E-state index in [9.17, 15) is 10.1 Å². The molecule has 0 bridgehead atoms. The molecule has 1 amide bonds. The molecule has 1 fully saturated rings. The molecular weight excluding hydrogens is 342 g/mol. The number of aryl methyl sites for hydroxylation is 1. The summed E-state index contributed by atoms with van der Waals surface area (Å²) in [6.45, 7) is 3.17. The fraction of sp³-hybridized carbons (Fsp3) is 0.353. The Morgan fingerprint density at radius 3 is 3.08 bits per heavy atom. The second kappa shape index (κ2) is 7.51. The van der Waals surface area contributed by atoms with Gasteiger partial charge < -0.3 is 19.5 Å². The van der Waals surface area contributed by atoms with Crippen LogP contribution in [0.15, 0.2) is 24.4 Å². The van der Waals surface area contributed by atoms with Crippen LogP contribution in [0.2, 0.25) is 0 Å². The number of carbonyl (C=O) groups is 1. The number of nitrogens with zero attached hydrogens (tertiary/aromatic N) is 3. The van der Waals surface area contributed by atoms with Crippen LogP contribution in [0.5, 0.6) is 5.75 Å². The van der Waals surface area contributed by atoms with Gasteiger partial charge in [0.2, 0.25) is 0 Å². The number of amides is 1. The SMILES string of the molecule is Cc1cnc(-c2cc(C#N)cc(OC[C@@H]3CN(C(=O)O)CCO3)c2)s1. The van der Waals surface area contributed by atoms with E-state index < -0.39 is 6.09 Å². The van der Waals surface area contributed by atoms with Gasteiger partial charge in [0.15, 0.2) is 0 Å². The van der Waals surface area contributed by atoms with Gasteiger partial charge in [-0.1, -0.05) is 0 Å². The number of carboxylic acid groups (broad SMARTS) is 1. The Bertz CT molecular complexity index is 814. The zero-order chi connectivity index (χ0) is 17.8. The van der Waals surface area contributed by atoms with E-state index in [0.29, 0.717) is 24.5 Å². The number of ether oxygens (including phenoxy) is 2. The largest absolute Gasteiger partial charge is 0.491 e. The van der Waals surface area contributed by atoms with Crippen molar-refractivity contribution in [2.75, 3.05) is 26.3 Å². The van der Waals surface area contributed by atoms with Gasteiger partial charge in [0.1, 0.15) is 23.5 Å². The number of morpholine rings is 1. The summed E-state index contributed by atoms with van der Waals surface area (Å²) in [5.74, 6) is 0.540. The first kappa shape index (κ1) is 17.2. The Morgan fingerprint density at radius 1 is 1.56 bits per heavy atom. The highest BCUT2D eigenvalue weighted by atomic mass is 32.1. The highest BCUT2D eigenvalue weighted by molar-refractivity contribution is 7.14. The van der Waals surface area contributed by atoms with Crippen LogP contribution in [-0.4, -0.2) is 53.5 Å². The summed E-state index contributed by atoms with van der Waals surface area (Å²) in [4.78, 5) is 17.8. The zero-order valence-electron chi connectivity index (χ0n) is 13.6. The lowest BCUT2D eigenvalue weighted by molar-refractivity contribution is -0.0412. The first-order valence-corrected chi connectivity index (χ1v) is 8.57. The number of hydrogen-bond donors (Lipinski definition) is 1. The molecule has 8 heteroatoms. The number of thiazole rings is 1. The predicted molar refractivity (Wildman–Crippen MR) is 91.8 cm³/mol. The van der Waals surface area contributed by atoms with E-state index in [0.717, 1.165) is 15.4 Å². The zero-order valence-corrected chi connectivity index (χ0v) is 14.5. The lowest BCUT2D eigenvalue weighted by Crippen LogP contribution is -2.47. The Hall–Kier alpha value is -2.63. The summed E-state index contributed by atoms with van der Waals surface area (Å²) in [6, 6.07) is 7.38. The summed E-state index contributed by atoms with van der Waals surface area (Å²) in [7, 11) is 0. The second-order valence-electron chi connectivity index (χ2n) is 5.67. The normalized spacial score (nSPS) is 17.1. The Labute approximate surface area is 149 Å². The molecule has 130 valence electrons. The second-order valence-corrected chi connectivity index (χ2v) is 6.90. The Balaban J connectivity index is 1.72. The third-order valence-corrected chi connectivity index (χ3v) is 4.71. The molecule has 0 radical (unpaired) electrons. The molecule has 2 heterocycles. The fourth-order valence-electron chi connectivity index (χ4n) is 2.54. The van der Waals surface area contributed by atoms with Gasteiger partial charge in [-0.2, -0.15) is 5.26 Å². The van der Waals surface area contributed by atoms with Gasteiger partial charge in [0, 0.05) is 23.2 Å². The molecule has 0 spiro atoms. The topological polar surface area (TPSA) is 95.7 Å². The molecule has 0 unspecified atom stereocenters. The molecule has 3 rings (SSSR count). The van der Waals surface area contributed by atoms with Crippen LogP contribution in [0.1, 0.15) is 10.4 Å². The van der Waals surface area contributed by atoms with Crippen molar-refractivity contribution in [2.24, 2.45) is 0 Å². The van der Waals surface area contributed by atoms with Crippen molar-refractivity contribution in [1.82, 2.24) is 9.88 Å². The maximum Gasteiger partial charge on any atom is 0.407 e. The van der Waals surface area contributed by atoms with Crippen molar-refractivity contribution in [3.05, 3.63) is 34.8 Å². The molecule has 1 aromatic heterocycles. The van der Waals surface area contributed by atoms with E-state index in [-0.39, 0.29) is 19.3 Å². The molecule has 2 aromatic rings. The van der Waals surface area contributed by atoms with Crippen LogP contribution in [0.4, 0.5) is 4.79 Å². The third-order valence-electron chi connectivity index (χ3n) is 3.75. The smallest absolute Gasteiger partial charge is 0.407 e. The molecule has 1 atom stereocenters. The molecular formula is C17H17N3O4S. The molecule has 1 saturated heterocycles. The van der Waals surface area contributed by atoms with Gasteiger partial charge in [0.05, 0.1) is 24.8 Å². The van der Waals surface area contributed by atoms with Crippen LogP contribution in [-0.2, 0) is 4.74 Å². The molecule has 1 N–H and O–H groups in total. The van der Waals surface area contributed by atoms with Gasteiger partial charge in [-0.15, -0.1) is 11.3 Å². The van der Waals surface area contributed by atoms with E-state index in [1.54, 1.807) is 29.7 Å². The van der Waals surface area contributed by atoms with Crippen molar-refractivity contribution in [3.63, 3.8) is 0 Å². The average Bonchev–Trinajstić information content (AvgIpc) is 3.06. The summed E-state index contributed by atoms with van der Waals surface area (Å²) in [5.41, 5.74) is 1.31. The summed E-state index contributed by atoms with van der Waals surface area (Å²) >= 11 is 1.55. The minimum atomic E-state index is -0.957. The van der Waals surface area contributed by atoms with Gasteiger partial charge in [-0.3, -0.25) is 0 Å². The van der Waals surface area contributed by atoms with Gasteiger partial charge in [-0.05, 0) is 25.1 Å². The van der Waals surface area contributed by atoms with E-state index >= 15 is 0 Å². The van der Waals surface area contributed by atoms with Crippen LogP contribution >= 0.6 is 11.3 Å². The minimum Gasteiger partial charge on any atom is -0.491 e. The molecule has 1 aliphatic rings. The Morgan fingerprint density at radius 2 is 2.40 bits per heavy atom. The highest BCUT2D eigenvalue weighted by Crippen LogP contribution is 2.29. The van der Waals surface area contributed by atoms with Crippen LogP contribution < -0.4 is 4.74 Å². The first-order valence-electron chi connectivity index (χ1n) is 7.75. The van der Waals surface area contributed by atoms with Crippen LogP contribution in [0, 0.1) is 18.3 Å². The minimum absolute atomic E-state index is 0.217. The maximum absolute atomic E-state index is 11.0. The lowest BCUT2D eigenvalue weighted by Gasteiger charge is -2.30. The Kier molecular flexibility index (Phi) is 5.16. The van der Waals surface area contributed by atoms with Crippen molar-refractivity contribution < 1.29 is 19.4 Å². The van der Waals surface area contributed by atoms with Crippen molar-refractivity contribution in [2.45, 2.75) is 13.0 Å². The number of nitriles is 1. The predicted octanol–water partition coefficient (Wildman–Crippen LogP) is 2.75. The lowest BCUT2D eigenvalue weighted by atomic mass is 10.1. The van der Waals surface area contributed by atoms with Crippen molar-refractivity contribution >= 4 is 17.4 Å². The molecule has 7 nitrogen and oxygen atoms in total. The van der Waals surface area contributed by atoms with Crippen molar-refractivity contribution in [1.29, 1.82) is 5.26 Å². The molecule has 1 aliphatic heterocycles. The standard InChI is InChI=1S/C17H17N3O4S/c1-11-8-19-16(25-11)13-4-12(7-18)5-14(6-13)24-10-15-9-20(17(21)22)2-3-23-15/h4-6,8,15H,2-3,9-10H2,1H3,(H,21,22)/t15-/m0/s1. The molecule has 0 aliphatic carbocycles. The number of rotatable bonds is 4. The van der Waals surface area contributed by atoms with E-state index in [1.807, 2.05) is 13.0 Å². The van der Waals surface area contributed by atoms with Crippen LogP contribution in [0.25, 0.3) is 10.6 Å². The maximum atomic E-state index is 11.0. The number of aromatic nitrogens is 1.